The van der Waals surface area contributed by atoms with E-state index >= 15 is 0 Å². The van der Waals surface area contributed by atoms with Crippen LogP contribution in [-0.2, 0) is 6.54 Å². The van der Waals surface area contributed by atoms with Gasteiger partial charge in [-0.1, -0.05) is 12.1 Å². The van der Waals surface area contributed by atoms with Gasteiger partial charge in [0.05, 0.1) is 24.0 Å². The van der Waals surface area contributed by atoms with Gasteiger partial charge in [0.15, 0.2) is 0 Å². The smallest absolute Gasteiger partial charge is 0.271 e. The molecule has 1 fully saturated rings. The summed E-state index contributed by atoms with van der Waals surface area (Å²) in [6.45, 7) is 1.36. The molecule has 3 heterocycles. The molecule has 3 aromatic rings. The number of hydrogen-bond acceptors (Lipinski definition) is 5. The highest BCUT2D eigenvalue weighted by Gasteiger charge is 2.32. The quantitative estimate of drug-likeness (QED) is 0.694. The van der Waals surface area contributed by atoms with Gasteiger partial charge in [0.1, 0.15) is 10.5 Å². The van der Waals surface area contributed by atoms with Gasteiger partial charge in [-0.05, 0) is 42.3 Å². The summed E-state index contributed by atoms with van der Waals surface area (Å²) in [5.74, 6) is -0.306. The SMILES string of the molecule is O=c1c2scc(-c3ccc(F)cc3)c2ncn1CC1(O)CCN(Cl)CC1. The summed E-state index contributed by atoms with van der Waals surface area (Å²) in [5, 5.41) is 12.6. The number of fused-ring (bicyclic) bond motifs is 1. The topological polar surface area (TPSA) is 58.4 Å². The Morgan fingerprint density at radius 1 is 1.27 bits per heavy atom. The number of thiophene rings is 1. The average Bonchev–Trinajstić information content (AvgIpc) is 3.06. The van der Waals surface area contributed by atoms with Gasteiger partial charge in [0, 0.05) is 24.0 Å². The van der Waals surface area contributed by atoms with Gasteiger partial charge in [-0.2, -0.15) is 0 Å². The molecule has 26 heavy (non-hydrogen) atoms. The van der Waals surface area contributed by atoms with Crippen LogP contribution in [0.1, 0.15) is 12.8 Å². The first-order valence-corrected chi connectivity index (χ1v) is 9.53. The first-order valence-electron chi connectivity index (χ1n) is 8.31. The van der Waals surface area contributed by atoms with Crippen molar-refractivity contribution in [1.29, 1.82) is 0 Å². The lowest BCUT2D eigenvalue weighted by Gasteiger charge is -2.35. The highest BCUT2D eigenvalue weighted by molar-refractivity contribution is 7.17. The highest BCUT2D eigenvalue weighted by atomic mass is 35.5. The Bertz CT molecular complexity index is 994. The first kappa shape index (κ1) is 17.6. The van der Waals surface area contributed by atoms with Crippen molar-refractivity contribution in [3.05, 3.63) is 52.1 Å². The van der Waals surface area contributed by atoms with Crippen molar-refractivity contribution in [3.8, 4) is 11.1 Å². The number of aliphatic hydroxyl groups is 1. The molecule has 0 spiro atoms. The van der Waals surface area contributed by atoms with Crippen LogP contribution in [0, 0.1) is 5.82 Å². The van der Waals surface area contributed by atoms with E-state index < -0.39 is 5.60 Å². The summed E-state index contributed by atoms with van der Waals surface area (Å²) in [7, 11) is 0. The minimum atomic E-state index is -0.957. The molecule has 1 N–H and O–H groups in total. The Hall–Kier alpha value is -1.80. The molecule has 136 valence electrons. The van der Waals surface area contributed by atoms with Crippen molar-refractivity contribution < 1.29 is 9.50 Å². The second kappa shape index (κ2) is 6.74. The van der Waals surface area contributed by atoms with Gasteiger partial charge in [-0.3, -0.25) is 9.36 Å². The molecule has 1 aliphatic heterocycles. The largest absolute Gasteiger partial charge is 0.388 e. The fourth-order valence-electron chi connectivity index (χ4n) is 3.26. The van der Waals surface area contributed by atoms with Gasteiger partial charge in [0.25, 0.3) is 5.56 Å². The second-order valence-electron chi connectivity index (χ2n) is 6.65. The first-order chi connectivity index (χ1) is 12.5. The standard InChI is InChI=1S/C18H17ClFN3O2S/c19-23-7-5-18(25,6-8-23)10-22-11-21-15-14(9-26-16(15)17(22)24)12-1-3-13(20)4-2-12/h1-4,9,11,25H,5-8,10H2. The minimum absolute atomic E-state index is 0.171. The molecule has 0 amide bonds. The summed E-state index contributed by atoms with van der Waals surface area (Å²) >= 11 is 7.26. The molecule has 5 nitrogen and oxygen atoms in total. The Morgan fingerprint density at radius 2 is 1.96 bits per heavy atom. The van der Waals surface area contributed by atoms with E-state index in [0.717, 1.165) is 11.1 Å². The maximum Gasteiger partial charge on any atom is 0.271 e. The van der Waals surface area contributed by atoms with Gasteiger partial charge < -0.3 is 5.11 Å². The van der Waals surface area contributed by atoms with E-state index in [-0.39, 0.29) is 17.9 Å². The van der Waals surface area contributed by atoms with Crippen molar-refractivity contribution >= 4 is 33.3 Å². The Kier molecular flexibility index (Phi) is 4.56. The van der Waals surface area contributed by atoms with Crippen LogP contribution in [0.3, 0.4) is 0 Å². The lowest BCUT2D eigenvalue weighted by atomic mass is 9.92. The van der Waals surface area contributed by atoms with Gasteiger partial charge in [-0.15, -0.1) is 11.3 Å². The van der Waals surface area contributed by atoms with E-state index in [1.54, 1.807) is 16.6 Å². The fraction of sp³-hybridized carbons (Fsp3) is 0.333. The molecule has 1 aromatic carbocycles. The van der Waals surface area contributed by atoms with E-state index in [9.17, 15) is 14.3 Å². The van der Waals surface area contributed by atoms with E-state index in [2.05, 4.69) is 4.98 Å². The minimum Gasteiger partial charge on any atom is -0.388 e. The predicted molar refractivity (Wildman–Crippen MR) is 101 cm³/mol. The van der Waals surface area contributed by atoms with Gasteiger partial charge in [0.2, 0.25) is 0 Å². The summed E-state index contributed by atoms with van der Waals surface area (Å²) in [6.07, 6.45) is 2.49. The number of benzene rings is 1. The maximum absolute atomic E-state index is 13.1. The van der Waals surface area contributed by atoms with Crippen LogP contribution in [0.4, 0.5) is 4.39 Å². The van der Waals surface area contributed by atoms with Crippen LogP contribution in [-0.4, -0.2) is 37.8 Å². The van der Waals surface area contributed by atoms with Crippen LogP contribution in [0.15, 0.2) is 40.8 Å². The molecule has 0 aliphatic carbocycles. The number of hydrogen-bond donors (Lipinski definition) is 1. The van der Waals surface area contributed by atoms with Crippen molar-refractivity contribution in [3.63, 3.8) is 0 Å². The van der Waals surface area contributed by atoms with Crippen molar-refractivity contribution in [2.75, 3.05) is 13.1 Å². The summed E-state index contributed by atoms with van der Waals surface area (Å²) in [6, 6.07) is 6.12. The third-order valence-corrected chi connectivity index (χ3v) is 6.10. The molecule has 0 radical (unpaired) electrons. The number of rotatable bonds is 3. The Labute approximate surface area is 158 Å². The summed E-state index contributed by atoms with van der Waals surface area (Å²) in [5.41, 5.74) is 1.10. The third-order valence-electron chi connectivity index (χ3n) is 4.81. The molecule has 1 aliphatic rings. The Morgan fingerprint density at radius 3 is 2.65 bits per heavy atom. The zero-order chi connectivity index (χ0) is 18.3. The molecule has 0 atom stereocenters. The van der Waals surface area contributed by atoms with Crippen molar-refractivity contribution in [2.45, 2.75) is 25.0 Å². The van der Waals surface area contributed by atoms with Gasteiger partial charge >= 0.3 is 0 Å². The molecular weight excluding hydrogens is 377 g/mol. The molecule has 8 heteroatoms. The summed E-state index contributed by atoms with van der Waals surface area (Å²) < 4.78 is 16.8. The van der Waals surface area contributed by atoms with Crippen molar-refractivity contribution in [1.82, 2.24) is 14.0 Å². The van der Waals surface area contributed by atoms with Crippen LogP contribution >= 0.6 is 23.1 Å². The lowest BCUT2D eigenvalue weighted by molar-refractivity contribution is -0.0201. The molecular formula is C18H17ClFN3O2S. The van der Waals surface area contributed by atoms with Gasteiger partial charge in [-0.25, -0.2) is 13.8 Å². The molecule has 1 saturated heterocycles. The number of nitrogens with zero attached hydrogens (tertiary/aromatic N) is 3. The number of halogens is 2. The number of aromatic nitrogens is 2. The van der Waals surface area contributed by atoms with Crippen LogP contribution in [0.2, 0.25) is 0 Å². The zero-order valence-electron chi connectivity index (χ0n) is 13.9. The predicted octanol–water partition coefficient (Wildman–Crippen LogP) is 3.24. The number of piperidine rings is 1. The van der Waals surface area contributed by atoms with E-state index in [4.69, 9.17) is 11.8 Å². The molecule has 2 aromatic heterocycles. The van der Waals surface area contributed by atoms with E-state index in [1.165, 1.54) is 34.4 Å². The van der Waals surface area contributed by atoms with E-state index in [0.29, 0.717) is 36.1 Å². The highest BCUT2D eigenvalue weighted by Crippen LogP contribution is 2.31. The van der Waals surface area contributed by atoms with Crippen LogP contribution in [0.25, 0.3) is 21.3 Å². The lowest BCUT2D eigenvalue weighted by Crippen LogP contribution is -2.45. The monoisotopic (exact) mass is 393 g/mol. The fourth-order valence-corrected chi connectivity index (χ4v) is 4.40. The second-order valence-corrected chi connectivity index (χ2v) is 8.00. The molecule has 0 bridgehead atoms. The maximum atomic E-state index is 13.1. The Balaban J connectivity index is 1.68. The van der Waals surface area contributed by atoms with Crippen LogP contribution < -0.4 is 5.56 Å². The normalized spacial score (nSPS) is 17.7. The molecule has 0 saturated carbocycles. The molecule has 0 unspecified atom stereocenters. The third kappa shape index (κ3) is 3.27. The zero-order valence-corrected chi connectivity index (χ0v) is 15.4. The summed E-state index contributed by atoms with van der Waals surface area (Å²) in [4.78, 5) is 17.3. The van der Waals surface area contributed by atoms with Crippen molar-refractivity contribution in [2.24, 2.45) is 0 Å². The molecule has 4 rings (SSSR count). The van der Waals surface area contributed by atoms with Crippen LogP contribution in [0.5, 0.6) is 0 Å². The average molecular weight is 394 g/mol. The van der Waals surface area contributed by atoms with E-state index in [1.807, 2.05) is 5.38 Å².